The van der Waals surface area contributed by atoms with Crippen molar-refractivity contribution in [1.29, 1.82) is 0 Å². The van der Waals surface area contributed by atoms with Crippen molar-refractivity contribution in [2.45, 2.75) is 26.7 Å². The summed E-state index contributed by atoms with van der Waals surface area (Å²) in [5.41, 5.74) is 6.20. The molecule has 1 aromatic heterocycles. The minimum atomic E-state index is -0.658. The highest BCUT2D eigenvalue weighted by atomic mass is 16.5. The van der Waals surface area contributed by atoms with Gasteiger partial charge < -0.3 is 19.8 Å². The van der Waals surface area contributed by atoms with E-state index in [2.05, 4.69) is 34.3 Å². The van der Waals surface area contributed by atoms with Crippen LogP contribution in [0.1, 0.15) is 36.6 Å². The Kier molecular flexibility index (Phi) is 6.53. The molecule has 37 heavy (non-hydrogen) atoms. The van der Waals surface area contributed by atoms with Gasteiger partial charge in [-0.3, -0.25) is 4.79 Å². The van der Waals surface area contributed by atoms with Crippen LogP contribution in [-0.2, 0) is 14.3 Å². The number of esters is 1. The number of nitrogens with zero attached hydrogens (tertiary/aromatic N) is 1. The van der Waals surface area contributed by atoms with Crippen molar-refractivity contribution in [2.75, 3.05) is 13.7 Å². The van der Waals surface area contributed by atoms with Crippen LogP contribution in [0.15, 0.2) is 82.6 Å². The predicted molar refractivity (Wildman–Crippen MR) is 143 cm³/mol. The fraction of sp³-hybridized carbons (Fsp3) is 0.233. The SMILES string of the molecule is CCOC(=O)C1=C(C)NC2=N/C(=C\c3ccc(-c4cccc(C)c4)[nH]3)C(=O)C2C1c1ccc(OC)cc1. The Labute approximate surface area is 215 Å². The van der Waals surface area contributed by atoms with Crippen molar-refractivity contribution in [3.8, 4) is 17.0 Å². The average molecular weight is 496 g/mol. The van der Waals surface area contributed by atoms with E-state index in [9.17, 15) is 9.59 Å². The second-order valence-corrected chi connectivity index (χ2v) is 9.20. The van der Waals surface area contributed by atoms with Gasteiger partial charge in [0, 0.05) is 23.0 Å². The van der Waals surface area contributed by atoms with Gasteiger partial charge in [-0.15, -0.1) is 0 Å². The number of aromatic amines is 1. The molecule has 5 rings (SSSR count). The number of nitrogens with one attached hydrogen (secondary N) is 2. The van der Waals surface area contributed by atoms with Crippen molar-refractivity contribution >= 4 is 23.7 Å². The number of H-pyrrole nitrogens is 1. The molecular formula is C30H29N3O4. The lowest BCUT2D eigenvalue weighted by Gasteiger charge is -2.32. The zero-order chi connectivity index (χ0) is 26.1. The maximum absolute atomic E-state index is 13.8. The van der Waals surface area contributed by atoms with E-state index in [1.807, 2.05) is 55.5 Å². The largest absolute Gasteiger partial charge is 0.497 e. The van der Waals surface area contributed by atoms with Crippen LogP contribution in [0.2, 0.25) is 0 Å². The minimum absolute atomic E-state index is 0.149. The second-order valence-electron chi connectivity index (χ2n) is 9.20. The van der Waals surface area contributed by atoms with E-state index in [-0.39, 0.29) is 12.4 Å². The summed E-state index contributed by atoms with van der Waals surface area (Å²) >= 11 is 0. The molecule has 0 saturated heterocycles. The summed E-state index contributed by atoms with van der Waals surface area (Å²) in [5, 5.41) is 3.21. The molecule has 2 aliphatic rings. The Morgan fingerprint density at radius 3 is 2.54 bits per heavy atom. The third kappa shape index (κ3) is 4.60. The predicted octanol–water partition coefficient (Wildman–Crippen LogP) is 5.16. The number of carbonyl (C=O) groups is 2. The van der Waals surface area contributed by atoms with Crippen LogP contribution < -0.4 is 10.1 Å². The van der Waals surface area contributed by atoms with Crippen LogP contribution in [0.25, 0.3) is 17.3 Å². The van der Waals surface area contributed by atoms with Crippen molar-refractivity contribution < 1.29 is 19.1 Å². The monoisotopic (exact) mass is 495 g/mol. The van der Waals surface area contributed by atoms with Crippen molar-refractivity contribution in [1.82, 2.24) is 10.3 Å². The van der Waals surface area contributed by atoms with E-state index in [0.29, 0.717) is 28.6 Å². The minimum Gasteiger partial charge on any atom is -0.497 e. The number of ether oxygens (including phenoxy) is 2. The number of aryl methyl sites for hydroxylation is 1. The summed E-state index contributed by atoms with van der Waals surface area (Å²) < 4.78 is 10.7. The molecule has 2 atom stereocenters. The summed E-state index contributed by atoms with van der Waals surface area (Å²) in [7, 11) is 1.60. The summed E-state index contributed by atoms with van der Waals surface area (Å²) in [6, 6.07) is 19.6. The fourth-order valence-corrected chi connectivity index (χ4v) is 5.00. The van der Waals surface area contributed by atoms with Crippen LogP contribution >= 0.6 is 0 Å². The van der Waals surface area contributed by atoms with E-state index in [1.54, 1.807) is 20.1 Å². The lowest BCUT2D eigenvalue weighted by Crippen LogP contribution is -2.42. The molecule has 2 aromatic carbocycles. The molecule has 0 spiro atoms. The first-order chi connectivity index (χ1) is 17.9. The van der Waals surface area contributed by atoms with E-state index < -0.39 is 17.8 Å². The number of aliphatic imine (C=N–C) groups is 1. The maximum atomic E-state index is 13.8. The van der Waals surface area contributed by atoms with Gasteiger partial charge in [0.1, 0.15) is 17.3 Å². The molecule has 2 N–H and O–H groups in total. The van der Waals surface area contributed by atoms with Gasteiger partial charge in [-0.25, -0.2) is 9.79 Å². The Balaban J connectivity index is 1.52. The molecular weight excluding hydrogens is 466 g/mol. The molecule has 0 radical (unpaired) electrons. The number of hydrogen-bond acceptors (Lipinski definition) is 6. The van der Waals surface area contributed by atoms with Gasteiger partial charge >= 0.3 is 5.97 Å². The Bertz CT molecular complexity index is 1460. The van der Waals surface area contributed by atoms with Crippen LogP contribution in [-0.4, -0.2) is 36.3 Å². The number of carbonyl (C=O) groups excluding carboxylic acids is 2. The van der Waals surface area contributed by atoms with Gasteiger partial charge in [0.15, 0.2) is 5.78 Å². The van der Waals surface area contributed by atoms with Crippen LogP contribution in [0.5, 0.6) is 5.75 Å². The van der Waals surface area contributed by atoms with Gasteiger partial charge in [0.05, 0.1) is 25.2 Å². The first-order valence-electron chi connectivity index (χ1n) is 12.3. The second kappa shape index (κ2) is 9.93. The molecule has 2 unspecified atom stereocenters. The highest BCUT2D eigenvalue weighted by Crippen LogP contribution is 2.43. The summed E-state index contributed by atoms with van der Waals surface area (Å²) in [5.74, 6) is -0.551. The van der Waals surface area contributed by atoms with Crippen LogP contribution in [0.3, 0.4) is 0 Å². The smallest absolute Gasteiger partial charge is 0.336 e. The number of hydrogen-bond donors (Lipinski definition) is 2. The number of aromatic nitrogens is 1. The summed E-state index contributed by atoms with van der Waals surface area (Å²) in [6.45, 7) is 5.87. The fourth-order valence-electron chi connectivity index (χ4n) is 5.00. The Morgan fingerprint density at radius 2 is 1.84 bits per heavy atom. The van der Waals surface area contributed by atoms with Crippen molar-refractivity contribution in [3.63, 3.8) is 0 Å². The molecule has 0 amide bonds. The zero-order valence-electron chi connectivity index (χ0n) is 21.3. The topological polar surface area (TPSA) is 92.8 Å². The molecule has 3 aromatic rings. The number of ketones is 1. The molecule has 188 valence electrons. The quantitative estimate of drug-likeness (QED) is 0.364. The maximum Gasteiger partial charge on any atom is 0.336 e. The molecule has 0 fully saturated rings. The highest BCUT2D eigenvalue weighted by molar-refractivity contribution is 6.21. The molecule has 0 aliphatic carbocycles. The number of benzene rings is 2. The molecule has 0 saturated carbocycles. The highest BCUT2D eigenvalue weighted by Gasteiger charge is 2.47. The van der Waals surface area contributed by atoms with Gasteiger partial charge in [-0.05, 0) is 68.3 Å². The third-order valence-corrected chi connectivity index (χ3v) is 6.73. The van der Waals surface area contributed by atoms with Crippen LogP contribution in [0.4, 0.5) is 0 Å². The number of methoxy groups -OCH3 is 1. The van der Waals surface area contributed by atoms with E-state index in [0.717, 1.165) is 22.5 Å². The average Bonchev–Trinajstić information content (AvgIpc) is 3.48. The van der Waals surface area contributed by atoms with Crippen LogP contribution in [0, 0.1) is 12.8 Å². The van der Waals surface area contributed by atoms with Crippen molar-refractivity contribution in [3.05, 3.63) is 94.5 Å². The van der Waals surface area contributed by atoms with E-state index >= 15 is 0 Å². The lowest BCUT2D eigenvalue weighted by molar-refractivity contribution is -0.139. The van der Waals surface area contributed by atoms with Gasteiger partial charge in [-0.2, -0.15) is 0 Å². The standard InChI is InChI=1S/C30H29N3O4/c1-5-37-30(35)25-18(3)31-29-27(26(25)19-9-12-22(36-4)13-10-19)28(34)24(33-29)16-21-11-14-23(32-21)20-8-6-7-17(2)15-20/h6-16,26-27,32H,5H2,1-4H3,(H,31,33)/b24-16-. The van der Waals surface area contributed by atoms with Crippen molar-refractivity contribution in [2.24, 2.45) is 10.9 Å². The first kappa shape index (κ1) is 24.3. The zero-order valence-corrected chi connectivity index (χ0v) is 21.3. The number of rotatable bonds is 6. The number of fused-ring (bicyclic) bond motifs is 1. The van der Waals surface area contributed by atoms with E-state index in [1.165, 1.54) is 5.56 Å². The molecule has 7 nitrogen and oxygen atoms in total. The normalized spacial score (nSPS) is 19.9. The van der Waals surface area contributed by atoms with Gasteiger partial charge in [0.25, 0.3) is 0 Å². The van der Waals surface area contributed by atoms with Gasteiger partial charge in [0.2, 0.25) is 0 Å². The number of allylic oxidation sites excluding steroid dienone is 2. The van der Waals surface area contributed by atoms with E-state index in [4.69, 9.17) is 9.47 Å². The Hall–Kier alpha value is -4.39. The number of Topliss-reactive ketones (excluding diaryl/α,β-unsaturated/α-hetero) is 1. The molecule has 0 bridgehead atoms. The molecule has 2 aliphatic heterocycles. The molecule has 3 heterocycles. The Morgan fingerprint density at radius 1 is 1.05 bits per heavy atom. The first-order valence-corrected chi connectivity index (χ1v) is 12.3. The summed E-state index contributed by atoms with van der Waals surface area (Å²) in [6.07, 6.45) is 1.76. The third-order valence-electron chi connectivity index (χ3n) is 6.73. The summed E-state index contributed by atoms with van der Waals surface area (Å²) in [4.78, 5) is 34.8. The number of amidine groups is 1. The lowest BCUT2D eigenvalue weighted by atomic mass is 9.75. The molecule has 7 heteroatoms. The van der Waals surface area contributed by atoms with Gasteiger partial charge in [-0.1, -0.05) is 35.9 Å².